The van der Waals surface area contributed by atoms with Gasteiger partial charge in [-0.15, -0.1) is 0 Å². The minimum absolute atomic E-state index is 0.0152. The molecule has 122 valence electrons. The maximum absolute atomic E-state index is 11.3. The van der Waals surface area contributed by atoms with Crippen molar-refractivity contribution in [2.24, 2.45) is 0 Å². The van der Waals surface area contributed by atoms with Crippen LogP contribution in [0.15, 0.2) is 36.4 Å². The van der Waals surface area contributed by atoms with Gasteiger partial charge in [-0.3, -0.25) is 9.59 Å². The molecular formula is C18H22N2O3. The van der Waals surface area contributed by atoms with Crippen molar-refractivity contribution in [1.29, 1.82) is 0 Å². The Bertz CT molecular complexity index is 694. The summed E-state index contributed by atoms with van der Waals surface area (Å²) in [5.41, 5.74) is 1.07. The first kappa shape index (κ1) is 16.8. The van der Waals surface area contributed by atoms with E-state index in [-0.39, 0.29) is 17.7 Å². The van der Waals surface area contributed by atoms with E-state index in [1.54, 1.807) is 7.11 Å². The zero-order valence-electron chi connectivity index (χ0n) is 13.7. The number of ether oxygens (including phenoxy) is 1. The summed E-state index contributed by atoms with van der Waals surface area (Å²) in [5.74, 6) is 0.590. The Morgan fingerprint density at radius 2 is 1.70 bits per heavy atom. The van der Waals surface area contributed by atoms with Gasteiger partial charge in [0.05, 0.1) is 7.11 Å². The van der Waals surface area contributed by atoms with Crippen LogP contribution in [0.4, 0.5) is 0 Å². The van der Waals surface area contributed by atoms with E-state index < -0.39 is 0 Å². The van der Waals surface area contributed by atoms with Crippen molar-refractivity contribution in [3.8, 4) is 5.75 Å². The third kappa shape index (κ3) is 4.45. The van der Waals surface area contributed by atoms with Gasteiger partial charge in [0.25, 0.3) is 0 Å². The highest BCUT2D eigenvalue weighted by molar-refractivity contribution is 5.87. The van der Waals surface area contributed by atoms with Crippen molar-refractivity contribution < 1.29 is 14.3 Å². The van der Waals surface area contributed by atoms with E-state index in [4.69, 9.17) is 4.74 Å². The molecule has 0 bridgehead atoms. The number of rotatable bonds is 6. The molecule has 0 spiro atoms. The molecule has 0 unspecified atom stereocenters. The lowest BCUT2D eigenvalue weighted by molar-refractivity contribution is -0.119. The molecule has 0 aromatic heterocycles. The third-order valence-electron chi connectivity index (χ3n) is 3.76. The Hall–Kier alpha value is -2.56. The smallest absolute Gasteiger partial charge is 0.216 e. The molecule has 2 amide bonds. The minimum Gasteiger partial charge on any atom is -0.497 e. The number of methoxy groups -OCH3 is 1. The summed E-state index contributed by atoms with van der Waals surface area (Å²) in [4.78, 5) is 22.5. The summed E-state index contributed by atoms with van der Waals surface area (Å²) in [7, 11) is 1.63. The van der Waals surface area contributed by atoms with Crippen LogP contribution in [0.1, 0.15) is 25.3 Å². The number of nitrogens with one attached hydrogen (secondary N) is 2. The normalized spacial score (nSPS) is 10.6. The molecule has 0 aliphatic rings. The summed E-state index contributed by atoms with van der Waals surface area (Å²) in [5, 5.41) is 7.84. The molecule has 0 radical (unpaired) electrons. The van der Waals surface area contributed by atoms with Crippen LogP contribution in [0.5, 0.6) is 5.75 Å². The predicted octanol–water partition coefficient (Wildman–Crippen LogP) is 2.20. The summed E-state index contributed by atoms with van der Waals surface area (Å²) < 4.78 is 5.31. The van der Waals surface area contributed by atoms with Crippen LogP contribution in [0.25, 0.3) is 10.8 Å². The average Bonchev–Trinajstić information content (AvgIpc) is 2.53. The Kier molecular flexibility index (Phi) is 5.57. The molecule has 0 fully saturated rings. The van der Waals surface area contributed by atoms with E-state index in [1.165, 1.54) is 13.8 Å². The quantitative estimate of drug-likeness (QED) is 0.859. The summed E-state index contributed by atoms with van der Waals surface area (Å²) in [6, 6.07) is 12.0. The molecule has 0 heterocycles. The van der Waals surface area contributed by atoms with Crippen molar-refractivity contribution in [3.05, 3.63) is 42.0 Å². The van der Waals surface area contributed by atoms with Gasteiger partial charge in [0.15, 0.2) is 0 Å². The van der Waals surface area contributed by atoms with Crippen LogP contribution in [-0.4, -0.2) is 32.0 Å². The van der Waals surface area contributed by atoms with Crippen LogP contribution in [-0.2, 0) is 9.59 Å². The number of hydrogen-bond acceptors (Lipinski definition) is 3. The van der Waals surface area contributed by atoms with Crippen LogP contribution in [0.2, 0.25) is 0 Å². The SMILES string of the molecule is COc1ccc2cccc(C(CNC(C)=O)CNC(C)=O)c2c1. The molecule has 0 aliphatic heterocycles. The number of hydrogen-bond donors (Lipinski definition) is 2. The molecular weight excluding hydrogens is 292 g/mol. The van der Waals surface area contributed by atoms with Gasteiger partial charge in [-0.05, 0) is 28.5 Å². The number of carbonyl (C=O) groups excluding carboxylic acids is 2. The van der Waals surface area contributed by atoms with Crippen molar-refractivity contribution in [3.63, 3.8) is 0 Å². The van der Waals surface area contributed by atoms with E-state index in [1.807, 2.05) is 36.4 Å². The molecule has 2 N–H and O–H groups in total. The first-order valence-corrected chi connectivity index (χ1v) is 7.56. The van der Waals surface area contributed by atoms with Gasteiger partial charge in [-0.25, -0.2) is 0 Å². The lowest BCUT2D eigenvalue weighted by Crippen LogP contribution is -2.33. The van der Waals surface area contributed by atoms with Gasteiger partial charge >= 0.3 is 0 Å². The monoisotopic (exact) mass is 314 g/mol. The summed E-state index contributed by atoms with van der Waals surface area (Å²) in [6.07, 6.45) is 0. The average molecular weight is 314 g/mol. The first-order valence-electron chi connectivity index (χ1n) is 7.56. The second-order valence-corrected chi connectivity index (χ2v) is 5.51. The number of fused-ring (bicyclic) bond motifs is 1. The van der Waals surface area contributed by atoms with Crippen LogP contribution < -0.4 is 15.4 Å². The molecule has 0 saturated carbocycles. The van der Waals surface area contributed by atoms with Gasteiger partial charge < -0.3 is 15.4 Å². The third-order valence-corrected chi connectivity index (χ3v) is 3.76. The van der Waals surface area contributed by atoms with Gasteiger partial charge in [0, 0.05) is 32.9 Å². The fraction of sp³-hybridized carbons (Fsp3) is 0.333. The second-order valence-electron chi connectivity index (χ2n) is 5.51. The zero-order valence-corrected chi connectivity index (χ0v) is 13.7. The van der Waals surface area contributed by atoms with E-state index in [2.05, 4.69) is 10.6 Å². The lowest BCUT2D eigenvalue weighted by atomic mass is 9.93. The van der Waals surface area contributed by atoms with Crippen molar-refractivity contribution in [2.75, 3.05) is 20.2 Å². The van der Waals surface area contributed by atoms with Crippen LogP contribution in [0.3, 0.4) is 0 Å². The largest absolute Gasteiger partial charge is 0.497 e. The Labute approximate surface area is 136 Å². The lowest BCUT2D eigenvalue weighted by Gasteiger charge is -2.20. The van der Waals surface area contributed by atoms with Crippen LogP contribution >= 0.6 is 0 Å². The van der Waals surface area contributed by atoms with E-state index in [0.717, 1.165) is 22.1 Å². The van der Waals surface area contributed by atoms with E-state index >= 15 is 0 Å². The Morgan fingerprint density at radius 3 is 2.26 bits per heavy atom. The van der Waals surface area contributed by atoms with Crippen molar-refractivity contribution >= 4 is 22.6 Å². The Balaban J connectivity index is 2.40. The highest BCUT2D eigenvalue weighted by atomic mass is 16.5. The molecule has 2 aromatic rings. The molecule has 2 rings (SSSR count). The molecule has 2 aromatic carbocycles. The van der Waals surface area contributed by atoms with Gasteiger partial charge in [0.1, 0.15) is 5.75 Å². The molecule has 23 heavy (non-hydrogen) atoms. The molecule has 5 nitrogen and oxygen atoms in total. The molecule has 0 atom stereocenters. The highest BCUT2D eigenvalue weighted by Gasteiger charge is 2.16. The maximum Gasteiger partial charge on any atom is 0.216 e. The predicted molar refractivity (Wildman–Crippen MR) is 90.6 cm³/mol. The summed E-state index contributed by atoms with van der Waals surface area (Å²) in [6.45, 7) is 3.90. The number of carbonyl (C=O) groups is 2. The highest BCUT2D eigenvalue weighted by Crippen LogP contribution is 2.28. The van der Waals surface area contributed by atoms with Crippen LogP contribution in [0, 0.1) is 0 Å². The number of benzene rings is 2. The molecule has 0 aliphatic carbocycles. The van der Waals surface area contributed by atoms with Gasteiger partial charge in [0.2, 0.25) is 11.8 Å². The Morgan fingerprint density at radius 1 is 1.04 bits per heavy atom. The zero-order chi connectivity index (χ0) is 16.8. The fourth-order valence-electron chi connectivity index (χ4n) is 2.58. The standard InChI is InChI=1S/C18H22N2O3/c1-12(21)19-10-15(11-20-13(2)22)17-6-4-5-14-7-8-16(23-3)9-18(14)17/h4-9,15H,10-11H2,1-3H3,(H,19,21)(H,20,22). The van der Waals surface area contributed by atoms with Gasteiger partial charge in [-0.2, -0.15) is 0 Å². The topological polar surface area (TPSA) is 67.4 Å². The van der Waals surface area contributed by atoms with E-state index in [0.29, 0.717) is 13.1 Å². The van der Waals surface area contributed by atoms with Crippen molar-refractivity contribution in [1.82, 2.24) is 10.6 Å². The minimum atomic E-state index is -0.0874. The second kappa shape index (κ2) is 7.63. The van der Waals surface area contributed by atoms with Crippen molar-refractivity contribution in [2.45, 2.75) is 19.8 Å². The summed E-state index contributed by atoms with van der Waals surface area (Å²) >= 11 is 0. The molecule has 0 saturated heterocycles. The molecule has 5 heteroatoms. The van der Waals surface area contributed by atoms with Gasteiger partial charge in [-0.1, -0.05) is 24.3 Å². The first-order chi connectivity index (χ1) is 11.0. The fourth-order valence-corrected chi connectivity index (χ4v) is 2.58. The number of amides is 2. The van der Waals surface area contributed by atoms with E-state index in [9.17, 15) is 9.59 Å². The maximum atomic E-state index is 11.3.